The van der Waals surface area contributed by atoms with E-state index in [4.69, 9.17) is 11.6 Å². The molecule has 9 nitrogen and oxygen atoms in total. The fourth-order valence-corrected chi connectivity index (χ4v) is 3.22. The van der Waals surface area contributed by atoms with E-state index in [0.717, 1.165) is 28.4 Å². The molecular weight excluding hydrogens is 372 g/mol. The lowest BCUT2D eigenvalue weighted by molar-refractivity contribution is -0.384. The van der Waals surface area contributed by atoms with Crippen LogP contribution in [0.25, 0.3) is 0 Å². The van der Waals surface area contributed by atoms with Crippen molar-refractivity contribution >= 4 is 51.5 Å². The number of aromatic nitrogens is 1. The molecular formula is C14H9ClN4O5S. The summed E-state index contributed by atoms with van der Waals surface area (Å²) in [6, 6.07) is 3.37. The third-order valence-corrected chi connectivity index (χ3v) is 4.48. The molecule has 3 amide bonds. The Morgan fingerprint density at radius 3 is 2.68 bits per heavy atom. The van der Waals surface area contributed by atoms with E-state index in [1.165, 1.54) is 6.07 Å². The Balaban J connectivity index is 1.75. The molecule has 2 aromatic rings. The van der Waals surface area contributed by atoms with Gasteiger partial charge in [0.25, 0.3) is 17.5 Å². The van der Waals surface area contributed by atoms with Crippen LogP contribution in [0.4, 0.5) is 10.8 Å². The van der Waals surface area contributed by atoms with Crippen LogP contribution in [0.15, 0.2) is 23.6 Å². The number of carbonyl (C=O) groups excluding carboxylic acids is 3. The van der Waals surface area contributed by atoms with Gasteiger partial charge in [-0.25, -0.2) is 4.98 Å². The van der Waals surface area contributed by atoms with E-state index in [1.54, 1.807) is 5.38 Å². The average Bonchev–Trinajstić information content (AvgIpc) is 3.13. The predicted octanol–water partition coefficient (Wildman–Crippen LogP) is 2.02. The van der Waals surface area contributed by atoms with Crippen molar-refractivity contribution in [1.29, 1.82) is 0 Å². The van der Waals surface area contributed by atoms with Gasteiger partial charge in [0.2, 0.25) is 5.91 Å². The predicted molar refractivity (Wildman–Crippen MR) is 88.8 cm³/mol. The first-order valence-electron chi connectivity index (χ1n) is 6.85. The lowest BCUT2D eigenvalue weighted by atomic mass is 10.1. The number of halogens is 1. The number of thiazole rings is 1. The number of hydrogen-bond donors (Lipinski definition) is 1. The topological polar surface area (TPSA) is 123 Å². The standard InChI is InChI=1S/C14H9ClN4O5S/c15-4-7-6-25-14(16-7)17-11(20)5-18-12(21)9-2-1-8(19(23)24)3-10(9)13(18)22/h1-3,6H,4-5H2,(H,16,17,20). The number of amides is 3. The Kier molecular flexibility index (Phi) is 4.47. The van der Waals surface area contributed by atoms with Gasteiger partial charge in [0, 0.05) is 17.5 Å². The summed E-state index contributed by atoms with van der Waals surface area (Å²) in [5, 5.41) is 15.2. The molecule has 0 bridgehead atoms. The number of nitro benzene ring substituents is 1. The molecule has 0 unspecified atom stereocenters. The lowest BCUT2D eigenvalue weighted by Gasteiger charge is -2.12. The third kappa shape index (κ3) is 3.21. The largest absolute Gasteiger partial charge is 0.300 e. The third-order valence-electron chi connectivity index (χ3n) is 3.40. The van der Waals surface area contributed by atoms with Gasteiger partial charge in [-0.05, 0) is 6.07 Å². The molecule has 0 spiro atoms. The number of nitrogens with zero attached hydrogens (tertiary/aromatic N) is 3. The number of nitrogens with one attached hydrogen (secondary N) is 1. The number of anilines is 1. The van der Waals surface area contributed by atoms with Gasteiger partial charge in [0.1, 0.15) is 6.54 Å². The summed E-state index contributed by atoms with van der Waals surface area (Å²) in [5.41, 5.74) is 0.227. The molecule has 25 heavy (non-hydrogen) atoms. The van der Waals surface area contributed by atoms with E-state index in [2.05, 4.69) is 10.3 Å². The van der Waals surface area contributed by atoms with Crippen molar-refractivity contribution in [2.75, 3.05) is 11.9 Å². The van der Waals surface area contributed by atoms with E-state index in [9.17, 15) is 24.5 Å². The zero-order chi connectivity index (χ0) is 18.1. The zero-order valence-corrected chi connectivity index (χ0v) is 14.0. The van der Waals surface area contributed by atoms with Crippen molar-refractivity contribution in [2.24, 2.45) is 0 Å². The zero-order valence-electron chi connectivity index (χ0n) is 12.4. The fourth-order valence-electron chi connectivity index (χ4n) is 2.26. The number of imide groups is 1. The molecule has 0 radical (unpaired) electrons. The molecule has 1 aliphatic heterocycles. The molecule has 0 aliphatic carbocycles. The average molecular weight is 381 g/mol. The Morgan fingerprint density at radius 2 is 2.04 bits per heavy atom. The van der Waals surface area contributed by atoms with Gasteiger partial charge in [0.05, 0.1) is 27.6 Å². The van der Waals surface area contributed by atoms with Crippen LogP contribution in [0.1, 0.15) is 26.4 Å². The Bertz CT molecular complexity index is 912. The molecule has 1 aliphatic rings. The Morgan fingerprint density at radius 1 is 1.32 bits per heavy atom. The summed E-state index contributed by atoms with van der Waals surface area (Å²) in [7, 11) is 0. The quantitative estimate of drug-likeness (QED) is 0.366. The van der Waals surface area contributed by atoms with Crippen LogP contribution in [-0.2, 0) is 10.7 Å². The van der Waals surface area contributed by atoms with Gasteiger partial charge in [-0.3, -0.25) is 29.4 Å². The summed E-state index contributed by atoms with van der Waals surface area (Å²) < 4.78 is 0. The first-order chi connectivity index (χ1) is 11.9. The SMILES string of the molecule is O=C(CN1C(=O)c2ccc([N+](=O)[O-])cc2C1=O)Nc1nc(CCl)cs1. The fraction of sp³-hybridized carbons (Fsp3) is 0.143. The molecule has 1 aromatic heterocycles. The molecule has 0 saturated heterocycles. The number of non-ortho nitro benzene ring substituents is 1. The lowest BCUT2D eigenvalue weighted by Crippen LogP contribution is -2.37. The van der Waals surface area contributed by atoms with Gasteiger partial charge < -0.3 is 5.32 Å². The maximum absolute atomic E-state index is 12.3. The maximum Gasteiger partial charge on any atom is 0.270 e. The highest BCUT2D eigenvalue weighted by Gasteiger charge is 2.37. The molecule has 0 atom stereocenters. The summed E-state index contributed by atoms with van der Waals surface area (Å²) in [5.74, 6) is -1.84. The number of carbonyl (C=O) groups is 3. The monoisotopic (exact) mass is 380 g/mol. The van der Waals surface area contributed by atoms with Crippen molar-refractivity contribution in [3.8, 4) is 0 Å². The smallest absolute Gasteiger partial charge is 0.270 e. The van der Waals surface area contributed by atoms with Crippen LogP contribution in [0.3, 0.4) is 0 Å². The van der Waals surface area contributed by atoms with Crippen LogP contribution >= 0.6 is 22.9 Å². The molecule has 11 heteroatoms. The maximum atomic E-state index is 12.3. The van der Waals surface area contributed by atoms with E-state index < -0.39 is 29.2 Å². The van der Waals surface area contributed by atoms with Gasteiger partial charge in [-0.15, -0.1) is 22.9 Å². The molecule has 1 aromatic carbocycles. The first kappa shape index (κ1) is 17.0. The normalized spacial score (nSPS) is 13.1. The Labute approximate surface area is 149 Å². The second-order valence-electron chi connectivity index (χ2n) is 5.01. The minimum absolute atomic E-state index is 0.0297. The van der Waals surface area contributed by atoms with Crippen molar-refractivity contribution < 1.29 is 19.3 Å². The number of alkyl halides is 1. The van der Waals surface area contributed by atoms with Crippen molar-refractivity contribution in [3.63, 3.8) is 0 Å². The minimum Gasteiger partial charge on any atom is -0.300 e. The van der Waals surface area contributed by atoms with Gasteiger partial charge in [-0.1, -0.05) is 0 Å². The highest BCUT2D eigenvalue weighted by Crippen LogP contribution is 2.26. The molecule has 3 rings (SSSR count). The molecule has 2 heterocycles. The Hall–Kier alpha value is -2.85. The minimum atomic E-state index is -0.751. The number of rotatable bonds is 5. The van der Waals surface area contributed by atoms with Crippen LogP contribution in [0, 0.1) is 10.1 Å². The van der Waals surface area contributed by atoms with Crippen molar-refractivity contribution in [2.45, 2.75) is 5.88 Å². The first-order valence-corrected chi connectivity index (χ1v) is 8.27. The number of benzene rings is 1. The molecule has 128 valence electrons. The number of fused-ring (bicyclic) bond motifs is 1. The summed E-state index contributed by atoms with van der Waals surface area (Å²) >= 11 is 6.79. The summed E-state index contributed by atoms with van der Waals surface area (Å²) in [4.78, 5) is 51.5. The van der Waals surface area contributed by atoms with E-state index in [0.29, 0.717) is 10.8 Å². The van der Waals surface area contributed by atoms with Crippen molar-refractivity contribution in [3.05, 3.63) is 50.5 Å². The van der Waals surface area contributed by atoms with E-state index >= 15 is 0 Å². The van der Waals surface area contributed by atoms with Crippen molar-refractivity contribution in [1.82, 2.24) is 9.88 Å². The van der Waals surface area contributed by atoms with Gasteiger partial charge in [0.15, 0.2) is 5.13 Å². The highest BCUT2D eigenvalue weighted by molar-refractivity contribution is 7.14. The van der Waals surface area contributed by atoms with Crippen LogP contribution in [0.2, 0.25) is 0 Å². The van der Waals surface area contributed by atoms with Gasteiger partial charge in [-0.2, -0.15) is 0 Å². The van der Waals surface area contributed by atoms with Gasteiger partial charge >= 0.3 is 0 Å². The van der Waals surface area contributed by atoms with E-state index in [1.807, 2.05) is 0 Å². The summed E-state index contributed by atoms with van der Waals surface area (Å²) in [6.07, 6.45) is 0. The van der Waals surface area contributed by atoms with Crippen LogP contribution in [0.5, 0.6) is 0 Å². The summed E-state index contributed by atoms with van der Waals surface area (Å²) in [6.45, 7) is -0.518. The van der Waals surface area contributed by atoms with Crippen LogP contribution in [-0.4, -0.2) is 39.1 Å². The second kappa shape index (κ2) is 6.57. The molecule has 1 N–H and O–H groups in total. The number of hydrogen-bond acceptors (Lipinski definition) is 7. The molecule has 0 fully saturated rings. The van der Waals surface area contributed by atoms with Crippen LogP contribution < -0.4 is 5.32 Å². The number of nitro groups is 1. The second-order valence-corrected chi connectivity index (χ2v) is 6.13. The van der Waals surface area contributed by atoms with E-state index in [-0.39, 0.29) is 22.7 Å². The highest BCUT2D eigenvalue weighted by atomic mass is 35.5. The molecule has 0 saturated carbocycles.